The van der Waals surface area contributed by atoms with Gasteiger partial charge in [-0.05, 0) is 38.6 Å². The van der Waals surface area contributed by atoms with Gasteiger partial charge in [0, 0.05) is 35.5 Å². The van der Waals surface area contributed by atoms with E-state index in [0.717, 1.165) is 5.56 Å². The lowest BCUT2D eigenvalue weighted by Gasteiger charge is -2.14. The average Bonchev–Trinajstić information content (AvgIpc) is 2.41. The van der Waals surface area contributed by atoms with E-state index in [9.17, 15) is 4.39 Å². The van der Waals surface area contributed by atoms with E-state index in [1.165, 1.54) is 17.8 Å². The van der Waals surface area contributed by atoms with Gasteiger partial charge in [0.25, 0.3) is 0 Å². The summed E-state index contributed by atoms with van der Waals surface area (Å²) in [5, 5.41) is 0. The number of hydrogen-bond donors (Lipinski definition) is 0. The molecule has 0 radical (unpaired) electrons. The number of thioether (sulfide) groups is 1. The summed E-state index contributed by atoms with van der Waals surface area (Å²) in [5.41, 5.74) is 0.965. The van der Waals surface area contributed by atoms with Crippen molar-refractivity contribution < 1.29 is 9.13 Å². The molecule has 1 aromatic carbocycles. The minimum atomic E-state index is -0.266. The Hall–Kier alpha value is -1.59. The molecule has 106 valence electrons. The second-order valence-electron chi connectivity index (χ2n) is 4.62. The van der Waals surface area contributed by atoms with Gasteiger partial charge in [0.2, 0.25) is 0 Å². The van der Waals surface area contributed by atoms with Crippen LogP contribution >= 0.6 is 11.8 Å². The summed E-state index contributed by atoms with van der Waals surface area (Å²) in [6.07, 6.45) is 5.28. The Morgan fingerprint density at radius 3 is 2.75 bits per heavy atom. The topological polar surface area (TPSA) is 25.4 Å². The first-order valence-corrected chi connectivity index (χ1v) is 7.41. The zero-order valence-corrected chi connectivity index (χ0v) is 12.6. The minimum absolute atomic E-state index is 0.266. The van der Waals surface area contributed by atoms with Crippen LogP contribution in [0, 0.1) is 5.82 Å². The molecular weight excluding hydrogens is 275 g/mol. The summed E-state index contributed by atoms with van der Waals surface area (Å²) >= 11 is 1.37. The molecule has 5 heteroatoms. The quantitative estimate of drug-likeness (QED) is 0.783. The number of rotatable bonds is 5. The molecule has 0 aliphatic carbocycles. The Bertz CT molecular complexity index is 590. The molecule has 0 N–H and O–H groups in total. The van der Waals surface area contributed by atoms with Crippen LogP contribution in [0.1, 0.15) is 5.56 Å². The number of aromatic nitrogens is 1. The van der Waals surface area contributed by atoms with Gasteiger partial charge in [-0.1, -0.05) is 0 Å². The molecule has 0 fully saturated rings. The van der Waals surface area contributed by atoms with Crippen molar-refractivity contribution in [3.63, 3.8) is 0 Å². The zero-order chi connectivity index (χ0) is 14.5. The number of nitrogens with zero attached hydrogens (tertiary/aromatic N) is 2. The molecule has 0 spiro atoms. The van der Waals surface area contributed by atoms with Crippen molar-refractivity contribution in [3.05, 3.63) is 48.0 Å². The maximum atomic E-state index is 13.7. The Morgan fingerprint density at radius 1 is 1.30 bits per heavy atom. The van der Waals surface area contributed by atoms with Crippen LogP contribution in [-0.2, 0) is 6.54 Å². The van der Waals surface area contributed by atoms with Gasteiger partial charge in [-0.3, -0.25) is 4.98 Å². The van der Waals surface area contributed by atoms with Crippen molar-refractivity contribution in [2.24, 2.45) is 0 Å². The summed E-state index contributed by atoms with van der Waals surface area (Å²) in [7, 11) is 3.95. The lowest BCUT2D eigenvalue weighted by atomic mass is 10.2. The maximum Gasteiger partial charge on any atom is 0.140 e. The van der Waals surface area contributed by atoms with Crippen LogP contribution in [0.2, 0.25) is 0 Å². The van der Waals surface area contributed by atoms with Crippen molar-refractivity contribution in [1.82, 2.24) is 9.88 Å². The van der Waals surface area contributed by atoms with Crippen LogP contribution in [0.15, 0.2) is 41.6 Å². The Kier molecular flexibility index (Phi) is 4.98. The molecule has 0 aliphatic rings. The van der Waals surface area contributed by atoms with Gasteiger partial charge in [0.15, 0.2) is 0 Å². The van der Waals surface area contributed by atoms with Gasteiger partial charge >= 0.3 is 0 Å². The average molecular weight is 292 g/mol. The summed E-state index contributed by atoms with van der Waals surface area (Å²) in [6.45, 7) is 0.717. The van der Waals surface area contributed by atoms with Crippen LogP contribution in [0.25, 0.3) is 0 Å². The third-order valence-electron chi connectivity index (χ3n) is 2.70. The van der Waals surface area contributed by atoms with Crippen molar-refractivity contribution in [3.8, 4) is 11.5 Å². The fraction of sp³-hybridized carbons (Fsp3) is 0.267. The molecule has 0 saturated carbocycles. The first-order chi connectivity index (χ1) is 9.60. The molecular formula is C15H17FN2OS. The molecule has 1 aromatic heterocycles. The minimum Gasteiger partial charge on any atom is -0.457 e. The third-order valence-corrected chi connectivity index (χ3v) is 3.47. The van der Waals surface area contributed by atoms with Crippen LogP contribution in [0.3, 0.4) is 0 Å². The number of halogens is 1. The second kappa shape index (κ2) is 6.72. The molecule has 0 bridgehead atoms. The van der Waals surface area contributed by atoms with E-state index < -0.39 is 0 Å². The lowest BCUT2D eigenvalue weighted by Crippen LogP contribution is -2.11. The van der Waals surface area contributed by atoms with E-state index in [-0.39, 0.29) is 5.82 Å². The molecule has 0 amide bonds. The van der Waals surface area contributed by atoms with E-state index in [4.69, 9.17) is 4.74 Å². The van der Waals surface area contributed by atoms with E-state index in [1.807, 2.05) is 25.3 Å². The van der Waals surface area contributed by atoms with Crippen LogP contribution in [0.4, 0.5) is 4.39 Å². The van der Waals surface area contributed by atoms with Crippen LogP contribution < -0.4 is 4.74 Å². The standard InChI is InChI=1S/C15H17FN2OS/c1-18(2)10-11-9-17-7-6-14(11)19-12-4-5-15(20-3)13(16)8-12/h4-9H,10H2,1-3H3. The van der Waals surface area contributed by atoms with Gasteiger partial charge in [-0.2, -0.15) is 0 Å². The third kappa shape index (κ3) is 3.71. The zero-order valence-electron chi connectivity index (χ0n) is 11.8. The molecule has 0 aliphatic heterocycles. The molecule has 0 saturated heterocycles. The summed E-state index contributed by atoms with van der Waals surface area (Å²) < 4.78 is 19.5. The molecule has 0 unspecified atom stereocenters. The highest BCUT2D eigenvalue weighted by Crippen LogP contribution is 2.29. The lowest BCUT2D eigenvalue weighted by molar-refractivity contribution is 0.387. The van der Waals surface area contributed by atoms with Crippen molar-refractivity contribution in [1.29, 1.82) is 0 Å². The smallest absolute Gasteiger partial charge is 0.140 e. The van der Waals surface area contributed by atoms with E-state index >= 15 is 0 Å². The molecule has 0 atom stereocenters. The highest BCUT2D eigenvalue weighted by molar-refractivity contribution is 7.98. The van der Waals surface area contributed by atoms with Crippen LogP contribution in [-0.4, -0.2) is 30.2 Å². The second-order valence-corrected chi connectivity index (χ2v) is 5.47. The predicted molar refractivity (Wildman–Crippen MR) is 79.9 cm³/mol. The van der Waals surface area contributed by atoms with Crippen LogP contribution in [0.5, 0.6) is 11.5 Å². The summed E-state index contributed by atoms with van der Waals surface area (Å²) in [6, 6.07) is 6.70. The van der Waals surface area contributed by atoms with Gasteiger partial charge < -0.3 is 9.64 Å². The van der Waals surface area contributed by atoms with Gasteiger partial charge in [0.1, 0.15) is 17.3 Å². The molecule has 1 heterocycles. The maximum absolute atomic E-state index is 13.7. The highest BCUT2D eigenvalue weighted by atomic mass is 32.2. The van der Waals surface area contributed by atoms with E-state index in [0.29, 0.717) is 22.9 Å². The largest absolute Gasteiger partial charge is 0.457 e. The Labute approximate surface area is 122 Å². The summed E-state index contributed by atoms with van der Waals surface area (Å²) in [5.74, 6) is 0.926. The highest BCUT2D eigenvalue weighted by Gasteiger charge is 2.08. The first-order valence-electron chi connectivity index (χ1n) is 6.19. The molecule has 3 nitrogen and oxygen atoms in total. The predicted octanol–water partition coefficient (Wildman–Crippen LogP) is 3.80. The van der Waals surface area contributed by atoms with Crippen molar-refractivity contribution >= 4 is 11.8 Å². The molecule has 20 heavy (non-hydrogen) atoms. The SMILES string of the molecule is CSc1ccc(Oc2ccncc2CN(C)C)cc1F. The Balaban J connectivity index is 2.23. The number of benzene rings is 1. The number of hydrogen-bond acceptors (Lipinski definition) is 4. The van der Waals surface area contributed by atoms with E-state index in [2.05, 4.69) is 4.98 Å². The molecule has 2 rings (SSSR count). The fourth-order valence-electron chi connectivity index (χ4n) is 1.81. The molecule has 2 aromatic rings. The van der Waals surface area contributed by atoms with Gasteiger partial charge in [-0.15, -0.1) is 11.8 Å². The number of pyridine rings is 1. The van der Waals surface area contributed by atoms with Crippen molar-refractivity contribution in [2.45, 2.75) is 11.4 Å². The normalized spacial score (nSPS) is 10.8. The van der Waals surface area contributed by atoms with Crippen molar-refractivity contribution in [2.75, 3.05) is 20.4 Å². The summed E-state index contributed by atoms with van der Waals surface area (Å²) in [4.78, 5) is 6.74. The fourth-order valence-corrected chi connectivity index (χ4v) is 2.27. The monoisotopic (exact) mass is 292 g/mol. The van der Waals surface area contributed by atoms with Gasteiger partial charge in [-0.25, -0.2) is 4.39 Å². The number of ether oxygens (including phenoxy) is 1. The van der Waals surface area contributed by atoms with Gasteiger partial charge in [0.05, 0.1) is 0 Å². The first kappa shape index (κ1) is 14.8. The van der Waals surface area contributed by atoms with E-state index in [1.54, 1.807) is 30.6 Å². The Morgan fingerprint density at radius 2 is 2.10 bits per heavy atom.